The molecule has 1 aromatic carbocycles. The smallest absolute Gasteiger partial charge is 0.367 e. The average molecular weight is 306 g/mol. The van der Waals surface area contributed by atoms with Crippen LogP contribution in [0, 0.1) is 0 Å². The first kappa shape index (κ1) is 15.3. The molecule has 0 bridgehead atoms. The summed E-state index contributed by atoms with van der Waals surface area (Å²) in [5, 5.41) is 12.2. The van der Waals surface area contributed by atoms with Crippen molar-refractivity contribution in [3.05, 3.63) is 29.8 Å². The first-order valence-corrected chi connectivity index (χ1v) is 5.77. The molecule has 0 aliphatic rings. The highest BCUT2D eigenvalue weighted by molar-refractivity contribution is 6.53. The van der Waals surface area contributed by atoms with Crippen LogP contribution < -0.4 is 4.74 Å². The zero-order valence-electron chi connectivity index (χ0n) is 9.67. The largest absolute Gasteiger partial charge is 0.497 e. The zero-order valence-corrected chi connectivity index (χ0v) is 11.2. The maximum absolute atomic E-state index is 11.0. The van der Waals surface area contributed by atoms with Gasteiger partial charge in [0.15, 0.2) is 5.71 Å². The Balaban J connectivity index is 2.96. The minimum absolute atomic E-state index is 0.238. The van der Waals surface area contributed by atoms with Crippen LogP contribution in [-0.2, 0) is 14.4 Å². The van der Waals surface area contributed by atoms with Crippen molar-refractivity contribution in [2.45, 2.75) is 4.84 Å². The summed E-state index contributed by atoms with van der Waals surface area (Å²) in [6.45, 7) is 0. The van der Waals surface area contributed by atoms with Crippen molar-refractivity contribution < 1.29 is 24.3 Å². The summed E-state index contributed by atoms with van der Waals surface area (Å²) in [5.41, 5.74) is -0.216. The van der Waals surface area contributed by atoms with Crippen LogP contribution in [0.25, 0.3) is 0 Å². The lowest BCUT2D eigenvalue weighted by Crippen LogP contribution is -2.17. The van der Waals surface area contributed by atoms with E-state index in [1.54, 1.807) is 12.1 Å². The molecule has 1 aromatic rings. The maximum Gasteiger partial charge on any atom is 0.367 e. The van der Waals surface area contributed by atoms with Gasteiger partial charge in [-0.1, -0.05) is 28.4 Å². The number of nitrogens with zero attached hydrogens (tertiary/aromatic N) is 1. The molecule has 6 nitrogen and oxygen atoms in total. The Hall–Kier alpha value is -1.79. The fourth-order valence-corrected chi connectivity index (χ4v) is 1.17. The number of carbonyl (C=O) groups excluding carboxylic acids is 1. The van der Waals surface area contributed by atoms with Crippen molar-refractivity contribution in [3.63, 3.8) is 0 Å². The van der Waals surface area contributed by atoms with Crippen LogP contribution in [0.5, 0.6) is 5.75 Å². The number of benzene rings is 1. The van der Waals surface area contributed by atoms with E-state index in [4.69, 9.17) is 33.0 Å². The summed E-state index contributed by atoms with van der Waals surface area (Å²) in [5.74, 6) is -1.87. The molecular formula is C11H9Cl2NO5. The normalized spacial score (nSPS) is 11.3. The number of carboxylic acid groups (broad SMARTS) is 1. The molecule has 0 heterocycles. The van der Waals surface area contributed by atoms with Crippen LogP contribution in [0.1, 0.15) is 5.56 Å². The van der Waals surface area contributed by atoms with E-state index in [-0.39, 0.29) is 5.56 Å². The standard InChI is InChI=1S/C11H9Cl2NO5/c1-18-7-4-2-6(3-5-7)8(10(15)16)14-19-11(17)9(12)13/h2-5,9H,1H3,(H,15,16). The van der Waals surface area contributed by atoms with Crippen molar-refractivity contribution in [1.29, 1.82) is 0 Å². The van der Waals surface area contributed by atoms with Crippen LogP contribution in [0.3, 0.4) is 0 Å². The van der Waals surface area contributed by atoms with E-state index in [0.29, 0.717) is 5.75 Å². The second-order valence-electron chi connectivity index (χ2n) is 3.18. The molecule has 0 atom stereocenters. The van der Waals surface area contributed by atoms with Gasteiger partial charge in [0, 0.05) is 5.56 Å². The molecule has 0 radical (unpaired) electrons. The van der Waals surface area contributed by atoms with E-state index in [1.165, 1.54) is 19.2 Å². The third kappa shape index (κ3) is 4.42. The Morgan fingerprint density at radius 2 is 1.84 bits per heavy atom. The third-order valence-corrected chi connectivity index (χ3v) is 2.33. The van der Waals surface area contributed by atoms with Gasteiger partial charge in [0.05, 0.1) is 7.11 Å². The fraction of sp³-hybridized carbons (Fsp3) is 0.182. The Kier molecular flexibility index (Phi) is 5.59. The number of alkyl halides is 2. The lowest BCUT2D eigenvalue weighted by atomic mass is 10.1. The number of aliphatic carboxylic acids is 1. The van der Waals surface area contributed by atoms with Crippen molar-refractivity contribution in [2.24, 2.45) is 5.16 Å². The SMILES string of the molecule is COc1ccc(C(=NOC(=O)C(Cl)Cl)C(=O)O)cc1. The summed E-state index contributed by atoms with van der Waals surface area (Å²) in [4.78, 5) is 24.9. The summed E-state index contributed by atoms with van der Waals surface area (Å²) in [6.07, 6.45) is 0. The summed E-state index contributed by atoms with van der Waals surface area (Å²) < 4.78 is 4.93. The zero-order chi connectivity index (χ0) is 14.4. The number of methoxy groups -OCH3 is 1. The number of ether oxygens (including phenoxy) is 1. The number of carboxylic acids is 1. The average Bonchev–Trinajstić information content (AvgIpc) is 2.38. The molecule has 0 saturated heterocycles. The second-order valence-corrected chi connectivity index (χ2v) is 4.28. The van der Waals surface area contributed by atoms with Crippen molar-refractivity contribution in [1.82, 2.24) is 0 Å². The first-order chi connectivity index (χ1) is 8.95. The molecular weight excluding hydrogens is 297 g/mol. The van der Waals surface area contributed by atoms with E-state index < -0.39 is 22.5 Å². The van der Waals surface area contributed by atoms with Crippen LogP contribution in [0.2, 0.25) is 0 Å². The molecule has 0 saturated carbocycles. The van der Waals surface area contributed by atoms with Crippen molar-refractivity contribution in [3.8, 4) is 5.75 Å². The molecule has 0 spiro atoms. The van der Waals surface area contributed by atoms with Gasteiger partial charge in [-0.2, -0.15) is 0 Å². The number of halogens is 2. The quantitative estimate of drug-likeness (QED) is 0.388. The van der Waals surface area contributed by atoms with Gasteiger partial charge in [-0.3, -0.25) is 0 Å². The van der Waals surface area contributed by atoms with Gasteiger partial charge in [-0.05, 0) is 24.3 Å². The molecule has 0 aliphatic carbocycles. The maximum atomic E-state index is 11.0. The predicted molar refractivity (Wildman–Crippen MR) is 68.8 cm³/mol. The minimum atomic E-state index is -1.44. The molecule has 0 aliphatic heterocycles. The number of oxime groups is 1. The first-order valence-electron chi connectivity index (χ1n) is 4.90. The fourth-order valence-electron chi connectivity index (χ4n) is 1.09. The van der Waals surface area contributed by atoms with Crippen molar-refractivity contribution >= 4 is 40.9 Å². The Morgan fingerprint density at radius 1 is 1.26 bits per heavy atom. The summed E-state index contributed by atoms with van der Waals surface area (Å²) in [7, 11) is 1.48. The molecule has 102 valence electrons. The van der Waals surface area contributed by atoms with Gasteiger partial charge < -0.3 is 14.7 Å². The van der Waals surface area contributed by atoms with E-state index in [9.17, 15) is 9.59 Å². The summed E-state index contributed by atoms with van der Waals surface area (Å²) in [6, 6.07) is 6.00. The second kappa shape index (κ2) is 6.96. The van der Waals surface area contributed by atoms with Gasteiger partial charge in [0.1, 0.15) is 5.75 Å². The summed E-state index contributed by atoms with van der Waals surface area (Å²) >= 11 is 10.5. The van der Waals surface area contributed by atoms with Crippen LogP contribution in [0.4, 0.5) is 0 Å². The van der Waals surface area contributed by atoms with Crippen molar-refractivity contribution in [2.75, 3.05) is 7.11 Å². The van der Waals surface area contributed by atoms with Gasteiger partial charge >= 0.3 is 11.9 Å². The van der Waals surface area contributed by atoms with Gasteiger partial charge in [0.25, 0.3) is 0 Å². The monoisotopic (exact) mass is 305 g/mol. The van der Waals surface area contributed by atoms with Gasteiger partial charge in [-0.15, -0.1) is 0 Å². The molecule has 0 aromatic heterocycles. The Labute approximate surface area is 118 Å². The molecule has 1 rings (SSSR count). The van der Waals surface area contributed by atoms with E-state index in [0.717, 1.165) is 0 Å². The Morgan fingerprint density at radius 3 is 2.26 bits per heavy atom. The van der Waals surface area contributed by atoms with Crippen LogP contribution in [-0.4, -0.2) is 34.7 Å². The molecule has 19 heavy (non-hydrogen) atoms. The highest BCUT2D eigenvalue weighted by atomic mass is 35.5. The number of hydrogen-bond donors (Lipinski definition) is 1. The Bertz CT molecular complexity index is 498. The number of rotatable bonds is 5. The van der Waals surface area contributed by atoms with Gasteiger partial charge in [-0.25, -0.2) is 9.59 Å². The van der Waals surface area contributed by atoms with Crippen LogP contribution in [0.15, 0.2) is 29.4 Å². The van der Waals surface area contributed by atoms with Crippen LogP contribution >= 0.6 is 23.2 Å². The molecule has 0 amide bonds. The minimum Gasteiger partial charge on any atom is -0.497 e. The number of hydrogen-bond acceptors (Lipinski definition) is 5. The molecule has 0 fully saturated rings. The van der Waals surface area contributed by atoms with Gasteiger partial charge in [0.2, 0.25) is 4.84 Å². The van der Waals surface area contributed by atoms with E-state index in [2.05, 4.69) is 9.99 Å². The highest BCUT2D eigenvalue weighted by Crippen LogP contribution is 2.13. The molecule has 1 N–H and O–H groups in total. The lowest BCUT2D eigenvalue weighted by Gasteiger charge is -2.03. The highest BCUT2D eigenvalue weighted by Gasteiger charge is 2.17. The lowest BCUT2D eigenvalue weighted by molar-refractivity contribution is -0.141. The van der Waals surface area contributed by atoms with E-state index in [1.807, 2.05) is 0 Å². The van der Waals surface area contributed by atoms with E-state index >= 15 is 0 Å². The topological polar surface area (TPSA) is 85.2 Å². The molecule has 8 heteroatoms. The predicted octanol–water partition coefficient (Wildman–Crippen LogP) is 1.83. The number of carbonyl (C=O) groups is 2. The molecule has 0 unspecified atom stereocenters. The third-order valence-electron chi connectivity index (χ3n) is 1.97.